The van der Waals surface area contributed by atoms with Crippen molar-refractivity contribution < 1.29 is 4.42 Å². The van der Waals surface area contributed by atoms with Gasteiger partial charge in [0.05, 0.1) is 17.7 Å². The van der Waals surface area contributed by atoms with Crippen molar-refractivity contribution >= 4 is 0 Å². The fraction of sp³-hybridized carbons (Fsp3) is 0.500. The minimum absolute atomic E-state index is 0.227. The van der Waals surface area contributed by atoms with E-state index in [1.54, 1.807) is 6.26 Å². The zero-order valence-corrected chi connectivity index (χ0v) is 12.5. The summed E-state index contributed by atoms with van der Waals surface area (Å²) in [6.07, 6.45) is 4.56. The smallest absolute Gasteiger partial charge is 0.105 e. The monoisotopic (exact) mass is 273 g/mol. The van der Waals surface area contributed by atoms with Gasteiger partial charge < -0.3 is 9.73 Å². The molecular weight excluding hydrogens is 250 g/mol. The largest absolute Gasteiger partial charge is 0.469 e. The van der Waals surface area contributed by atoms with Gasteiger partial charge in [0.2, 0.25) is 0 Å². The Balaban J connectivity index is 2.27. The summed E-state index contributed by atoms with van der Waals surface area (Å²) in [5, 5.41) is 12.1. The lowest BCUT2D eigenvalue weighted by molar-refractivity contribution is 0.446. The average molecular weight is 273 g/mol. The van der Waals surface area contributed by atoms with Gasteiger partial charge in [-0.1, -0.05) is 13.8 Å². The first-order chi connectivity index (χ1) is 9.74. The molecule has 2 rings (SSSR count). The molecule has 0 fully saturated rings. The molecule has 0 radical (unpaired) electrons. The highest BCUT2D eigenvalue weighted by Crippen LogP contribution is 2.22. The van der Waals surface area contributed by atoms with E-state index >= 15 is 0 Å². The molecule has 20 heavy (non-hydrogen) atoms. The number of aromatic nitrogens is 2. The Morgan fingerprint density at radius 3 is 2.80 bits per heavy atom. The maximum Gasteiger partial charge on any atom is 0.105 e. The fourth-order valence-corrected chi connectivity index (χ4v) is 2.35. The van der Waals surface area contributed by atoms with E-state index in [2.05, 4.69) is 35.4 Å². The standard InChI is InChI=1S/C16H23N3O/c1-4-8-17-16(11-13-7-6-9-20-13)14-10-12(3)18-19-15(14)5-2/h6-7,9-10,16-17H,4-5,8,11H2,1-3H3. The van der Waals surface area contributed by atoms with Crippen LogP contribution in [0, 0.1) is 6.92 Å². The van der Waals surface area contributed by atoms with E-state index in [0.29, 0.717) is 0 Å². The van der Waals surface area contributed by atoms with Gasteiger partial charge in [-0.2, -0.15) is 10.2 Å². The van der Waals surface area contributed by atoms with Crippen LogP contribution in [0.1, 0.15) is 49.0 Å². The summed E-state index contributed by atoms with van der Waals surface area (Å²) in [4.78, 5) is 0. The fourth-order valence-electron chi connectivity index (χ4n) is 2.35. The number of nitrogens with one attached hydrogen (secondary N) is 1. The van der Waals surface area contributed by atoms with E-state index in [1.807, 2.05) is 19.1 Å². The van der Waals surface area contributed by atoms with E-state index in [0.717, 1.165) is 43.0 Å². The highest BCUT2D eigenvalue weighted by Gasteiger charge is 2.17. The molecular formula is C16H23N3O. The third-order valence-electron chi connectivity index (χ3n) is 3.36. The second kappa shape index (κ2) is 7.20. The first kappa shape index (κ1) is 14.7. The van der Waals surface area contributed by atoms with Crippen LogP contribution in [0.25, 0.3) is 0 Å². The van der Waals surface area contributed by atoms with Crippen LogP contribution in [0.5, 0.6) is 0 Å². The molecule has 108 valence electrons. The SMILES string of the molecule is CCCNC(Cc1ccco1)c1cc(C)nnc1CC. The maximum atomic E-state index is 5.49. The van der Waals surface area contributed by atoms with E-state index < -0.39 is 0 Å². The lowest BCUT2D eigenvalue weighted by Crippen LogP contribution is -2.25. The zero-order valence-electron chi connectivity index (χ0n) is 12.5. The van der Waals surface area contributed by atoms with Gasteiger partial charge >= 0.3 is 0 Å². The van der Waals surface area contributed by atoms with Gasteiger partial charge in [-0.15, -0.1) is 0 Å². The Morgan fingerprint density at radius 1 is 1.30 bits per heavy atom. The molecule has 1 N–H and O–H groups in total. The van der Waals surface area contributed by atoms with Crippen molar-refractivity contribution in [2.75, 3.05) is 6.54 Å². The van der Waals surface area contributed by atoms with Crippen LogP contribution in [0.4, 0.5) is 0 Å². The summed E-state index contributed by atoms with van der Waals surface area (Å²) >= 11 is 0. The first-order valence-electron chi connectivity index (χ1n) is 7.33. The molecule has 1 atom stereocenters. The third kappa shape index (κ3) is 3.67. The van der Waals surface area contributed by atoms with Gasteiger partial charge in [0, 0.05) is 12.5 Å². The summed E-state index contributed by atoms with van der Waals surface area (Å²) in [6, 6.07) is 6.32. The second-order valence-corrected chi connectivity index (χ2v) is 5.03. The van der Waals surface area contributed by atoms with Crippen LogP contribution in [-0.4, -0.2) is 16.7 Å². The quantitative estimate of drug-likeness (QED) is 0.841. The number of furan rings is 1. The Kier molecular flexibility index (Phi) is 5.30. The number of hydrogen-bond acceptors (Lipinski definition) is 4. The van der Waals surface area contributed by atoms with Crippen molar-refractivity contribution in [3.8, 4) is 0 Å². The van der Waals surface area contributed by atoms with Gasteiger partial charge in [0.15, 0.2) is 0 Å². The number of rotatable bonds is 7. The van der Waals surface area contributed by atoms with Crippen molar-refractivity contribution in [3.05, 3.63) is 47.2 Å². The Labute approximate surface area is 120 Å². The maximum absolute atomic E-state index is 5.49. The summed E-state index contributed by atoms with van der Waals surface area (Å²) in [5.41, 5.74) is 3.26. The molecule has 0 saturated carbocycles. The van der Waals surface area contributed by atoms with Gasteiger partial charge in [-0.25, -0.2) is 0 Å². The molecule has 2 heterocycles. The Morgan fingerprint density at radius 2 is 2.15 bits per heavy atom. The molecule has 0 aromatic carbocycles. The molecule has 4 nitrogen and oxygen atoms in total. The molecule has 0 saturated heterocycles. The lowest BCUT2D eigenvalue weighted by atomic mass is 9.99. The molecule has 0 aliphatic carbocycles. The average Bonchev–Trinajstić information content (AvgIpc) is 2.96. The van der Waals surface area contributed by atoms with Crippen LogP contribution in [0.3, 0.4) is 0 Å². The normalized spacial score (nSPS) is 12.6. The molecule has 0 aliphatic heterocycles. The van der Waals surface area contributed by atoms with Crippen molar-refractivity contribution in [2.45, 2.75) is 46.1 Å². The van der Waals surface area contributed by atoms with Crippen LogP contribution in [0.2, 0.25) is 0 Å². The molecule has 4 heteroatoms. The molecule has 0 bridgehead atoms. The second-order valence-electron chi connectivity index (χ2n) is 5.03. The Hall–Kier alpha value is -1.68. The summed E-state index contributed by atoms with van der Waals surface area (Å²) in [5.74, 6) is 0.995. The van der Waals surface area contributed by atoms with Crippen LogP contribution in [0.15, 0.2) is 28.9 Å². The van der Waals surface area contributed by atoms with Gasteiger partial charge in [-0.05, 0) is 50.1 Å². The van der Waals surface area contributed by atoms with E-state index in [-0.39, 0.29) is 6.04 Å². The number of nitrogens with zero attached hydrogens (tertiary/aromatic N) is 2. The van der Waals surface area contributed by atoms with Crippen LogP contribution < -0.4 is 5.32 Å². The Bertz CT molecular complexity index is 523. The van der Waals surface area contributed by atoms with Gasteiger partial charge in [0.1, 0.15) is 5.76 Å². The minimum atomic E-state index is 0.227. The predicted molar refractivity (Wildman–Crippen MR) is 79.6 cm³/mol. The van der Waals surface area contributed by atoms with E-state index in [4.69, 9.17) is 4.42 Å². The molecule has 0 aliphatic rings. The van der Waals surface area contributed by atoms with Crippen LogP contribution >= 0.6 is 0 Å². The van der Waals surface area contributed by atoms with Crippen LogP contribution in [-0.2, 0) is 12.8 Å². The summed E-state index contributed by atoms with van der Waals surface area (Å²) < 4.78 is 5.49. The molecule has 2 aromatic rings. The van der Waals surface area contributed by atoms with Gasteiger partial charge in [0.25, 0.3) is 0 Å². The first-order valence-corrected chi connectivity index (χ1v) is 7.33. The van der Waals surface area contributed by atoms with Gasteiger partial charge in [-0.3, -0.25) is 0 Å². The number of hydrogen-bond donors (Lipinski definition) is 1. The van der Waals surface area contributed by atoms with Crippen molar-refractivity contribution in [1.29, 1.82) is 0 Å². The van der Waals surface area contributed by atoms with Crippen molar-refractivity contribution in [2.24, 2.45) is 0 Å². The van der Waals surface area contributed by atoms with E-state index in [1.165, 1.54) is 5.56 Å². The topological polar surface area (TPSA) is 51.0 Å². The highest BCUT2D eigenvalue weighted by molar-refractivity contribution is 5.26. The number of aryl methyl sites for hydroxylation is 2. The predicted octanol–water partition coefficient (Wildman–Crippen LogP) is 3.22. The molecule has 1 unspecified atom stereocenters. The third-order valence-corrected chi connectivity index (χ3v) is 3.36. The van der Waals surface area contributed by atoms with E-state index in [9.17, 15) is 0 Å². The zero-order chi connectivity index (χ0) is 14.4. The van der Waals surface area contributed by atoms with Crippen molar-refractivity contribution in [3.63, 3.8) is 0 Å². The summed E-state index contributed by atoms with van der Waals surface area (Å²) in [7, 11) is 0. The van der Waals surface area contributed by atoms with Crippen molar-refractivity contribution in [1.82, 2.24) is 15.5 Å². The molecule has 0 amide bonds. The lowest BCUT2D eigenvalue weighted by Gasteiger charge is -2.20. The molecule has 2 aromatic heterocycles. The minimum Gasteiger partial charge on any atom is -0.469 e. The molecule has 0 spiro atoms. The summed E-state index contributed by atoms with van der Waals surface area (Å²) in [6.45, 7) is 7.26. The highest BCUT2D eigenvalue weighted by atomic mass is 16.3.